The van der Waals surface area contributed by atoms with E-state index in [2.05, 4.69) is 31.0 Å². The monoisotopic (exact) mass is 252 g/mol. The maximum atomic E-state index is 3.79. The van der Waals surface area contributed by atoms with Crippen LogP contribution in [-0.2, 0) is 0 Å². The highest BCUT2D eigenvalue weighted by atomic mass is 15.3. The summed E-state index contributed by atoms with van der Waals surface area (Å²) in [4.78, 5) is 2.88. The van der Waals surface area contributed by atoms with Crippen molar-refractivity contribution in [2.24, 2.45) is 0 Å². The van der Waals surface area contributed by atoms with Gasteiger partial charge in [0.2, 0.25) is 0 Å². The van der Waals surface area contributed by atoms with Gasteiger partial charge < -0.3 is 5.32 Å². The second kappa shape index (κ2) is 6.38. The molecule has 0 radical (unpaired) electrons. The zero-order valence-electron chi connectivity index (χ0n) is 12.7. The Morgan fingerprint density at radius 3 is 2.50 bits per heavy atom. The van der Waals surface area contributed by atoms with Crippen LogP contribution in [0.3, 0.4) is 0 Å². The van der Waals surface area contributed by atoms with E-state index in [1.165, 1.54) is 64.5 Å². The van der Waals surface area contributed by atoms with Crippen molar-refractivity contribution in [3.63, 3.8) is 0 Å². The highest BCUT2D eigenvalue weighted by Gasteiger charge is 2.39. The molecule has 2 atom stereocenters. The van der Waals surface area contributed by atoms with Crippen LogP contribution in [0.15, 0.2) is 0 Å². The van der Waals surface area contributed by atoms with Crippen molar-refractivity contribution in [1.29, 1.82) is 0 Å². The molecule has 1 aliphatic carbocycles. The number of nitrogens with one attached hydrogen (secondary N) is 1. The number of piperazine rings is 1. The van der Waals surface area contributed by atoms with Crippen LogP contribution in [0.2, 0.25) is 0 Å². The first-order valence-electron chi connectivity index (χ1n) is 8.19. The second-order valence-electron chi connectivity index (χ2n) is 6.66. The van der Waals surface area contributed by atoms with Crippen molar-refractivity contribution < 1.29 is 0 Å². The minimum Gasteiger partial charge on any atom is -0.311 e. The molecule has 2 fully saturated rings. The number of hydrogen-bond donors (Lipinski definition) is 1. The lowest BCUT2D eigenvalue weighted by Gasteiger charge is -2.52. The van der Waals surface area contributed by atoms with Gasteiger partial charge >= 0.3 is 0 Å². The van der Waals surface area contributed by atoms with Gasteiger partial charge in [0.15, 0.2) is 0 Å². The summed E-state index contributed by atoms with van der Waals surface area (Å²) in [6.07, 6.45) is 11.2. The maximum Gasteiger partial charge on any atom is 0.0306 e. The van der Waals surface area contributed by atoms with Gasteiger partial charge in [0, 0.05) is 30.7 Å². The van der Waals surface area contributed by atoms with E-state index in [1.807, 2.05) is 0 Å². The Morgan fingerprint density at radius 1 is 1.17 bits per heavy atom. The summed E-state index contributed by atoms with van der Waals surface area (Å²) in [7, 11) is 0. The lowest BCUT2D eigenvalue weighted by Crippen LogP contribution is -2.65. The van der Waals surface area contributed by atoms with Crippen molar-refractivity contribution in [2.45, 2.75) is 89.8 Å². The van der Waals surface area contributed by atoms with Crippen molar-refractivity contribution in [3.8, 4) is 0 Å². The molecule has 0 aromatic rings. The third-order valence-corrected chi connectivity index (χ3v) is 5.30. The molecule has 0 amide bonds. The molecular weight excluding hydrogens is 220 g/mol. The molecule has 2 unspecified atom stereocenters. The normalized spacial score (nSPS) is 35.8. The van der Waals surface area contributed by atoms with Crippen molar-refractivity contribution in [1.82, 2.24) is 10.2 Å². The van der Waals surface area contributed by atoms with Gasteiger partial charge in [-0.1, -0.05) is 39.5 Å². The largest absolute Gasteiger partial charge is 0.311 e. The fourth-order valence-corrected chi connectivity index (χ4v) is 3.84. The van der Waals surface area contributed by atoms with Gasteiger partial charge in [-0.05, 0) is 32.6 Å². The van der Waals surface area contributed by atoms with E-state index in [0.717, 1.165) is 12.1 Å². The average Bonchev–Trinajstić information content (AvgIpc) is 2.42. The SMILES string of the molecule is CCCC1CN(C2CCCCC2)C(C)(CC)CN1. The van der Waals surface area contributed by atoms with Crippen LogP contribution in [0, 0.1) is 0 Å². The summed E-state index contributed by atoms with van der Waals surface area (Å²) < 4.78 is 0. The molecule has 2 heteroatoms. The quantitative estimate of drug-likeness (QED) is 0.823. The van der Waals surface area contributed by atoms with Gasteiger partial charge in [0.05, 0.1) is 0 Å². The van der Waals surface area contributed by atoms with E-state index >= 15 is 0 Å². The van der Waals surface area contributed by atoms with Gasteiger partial charge in [0.25, 0.3) is 0 Å². The Morgan fingerprint density at radius 2 is 1.89 bits per heavy atom. The smallest absolute Gasteiger partial charge is 0.0306 e. The fraction of sp³-hybridized carbons (Fsp3) is 1.00. The standard InChI is InChI=1S/C16H32N2/c1-4-9-14-12-18(15-10-7-6-8-11-15)16(3,5-2)13-17-14/h14-15,17H,4-13H2,1-3H3. The van der Waals surface area contributed by atoms with Gasteiger partial charge in [-0.25, -0.2) is 0 Å². The fourth-order valence-electron chi connectivity index (χ4n) is 3.84. The van der Waals surface area contributed by atoms with Gasteiger partial charge in [-0.15, -0.1) is 0 Å². The van der Waals surface area contributed by atoms with E-state index in [-0.39, 0.29) is 0 Å². The van der Waals surface area contributed by atoms with Crippen LogP contribution >= 0.6 is 0 Å². The molecule has 1 N–H and O–H groups in total. The third-order valence-electron chi connectivity index (χ3n) is 5.30. The van der Waals surface area contributed by atoms with Crippen molar-refractivity contribution >= 4 is 0 Å². The predicted octanol–water partition coefficient (Wildman–Crippen LogP) is 3.56. The molecule has 106 valence electrons. The van der Waals surface area contributed by atoms with E-state index in [9.17, 15) is 0 Å². The zero-order chi connectivity index (χ0) is 13.0. The lowest BCUT2D eigenvalue weighted by atomic mass is 9.85. The Kier molecular flexibility index (Phi) is 5.08. The Hall–Kier alpha value is -0.0800. The van der Waals surface area contributed by atoms with Crippen LogP contribution in [0.5, 0.6) is 0 Å². The minimum absolute atomic E-state index is 0.395. The molecule has 18 heavy (non-hydrogen) atoms. The zero-order valence-corrected chi connectivity index (χ0v) is 12.7. The summed E-state index contributed by atoms with van der Waals surface area (Å²) in [5.74, 6) is 0. The van der Waals surface area contributed by atoms with Crippen LogP contribution in [-0.4, -0.2) is 35.6 Å². The molecule has 2 nitrogen and oxygen atoms in total. The molecule has 0 bridgehead atoms. The van der Waals surface area contributed by atoms with Crippen LogP contribution in [0.1, 0.15) is 72.1 Å². The minimum atomic E-state index is 0.395. The first-order valence-corrected chi connectivity index (χ1v) is 8.19. The summed E-state index contributed by atoms with van der Waals surface area (Å²) in [5.41, 5.74) is 0.395. The summed E-state index contributed by atoms with van der Waals surface area (Å²) in [6.45, 7) is 9.60. The second-order valence-corrected chi connectivity index (χ2v) is 6.66. The molecule has 1 heterocycles. The molecule has 1 saturated carbocycles. The third kappa shape index (κ3) is 3.08. The molecule has 0 aromatic heterocycles. The van der Waals surface area contributed by atoms with E-state index in [0.29, 0.717) is 5.54 Å². The van der Waals surface area contributed by atoms with Crippen LogP contribution in [0.4, 0.5) is 0 Å². The van der Waals surface area contributed by atoms with Gasteiger partial charge in [-0.2, -0.15) is 0 Å². The molecule has 2 aliphatic rings. The van der Waals surface area contributed by atoms with Crippen molar-refractivity contribution in [3.05, 3.63) is 0 Å². The number of rotatable bonds is 4. The molecular formula is C16H32N2. The molecule has 2 rings (SSSR count). The number of hydrogen-bond acceptors (Lipinski definition) is 2. The summed E-state index contributed by atoms with van der Waals surface area (Å²) in [5, 5.41) is 3.79. The highest BCUT2D eigenvalue weighted by molar-refractivity contribution is 4.98. The predicted molar refractivity (Wildman–Crippen MR) is 79.0 cm³/mol. The van der Waals surface area contributed by atoms with Gasteiger partial charge in [-0.3, -0.25) is 4.90 Å². The maximum absolute atomic E-state index is 3.79. The van der Waals surface area contributed by atoms with E-state index in [1.54, 1.807) is 0 Å². The molecule has 0 spiro atoms. The van der Waals surface area contributed by atoms with Gasteiger partial charge in [0.1, 0.15) is 0 Å². The Balaban J connectivity index is 2.04. The van der Waals surface area contributed by atoms with Crippen LogP contribution < -0.4 is 5.32 Å². The van der Waals surface area contributed by atoms with E-state index < -0.39 is 0 Å². The molecule has 1 saturated heterocycles. The first-order chi connectivity index (χ1) is 8.69. The van der Waals surface area contributed by atoms with E-state index in [4.69, 9.17) is 0 Å². The Labute approximate surface area is 114 Å². The first kappa shape index (κ1) is 14.3. The highest BCUT2D eigenvalue weighted by Crippen LogP contribution is 2.32. The molecule has 0 aromatic carbocycles. The summed E-state index contributed by atoms with van der Waals surface area (Å²) >= 11 is 0. The van der Waals surface area contributed by atoms with Crippen LogP contribution in [0.25, 0.3) is 0 Å². The number of nitrogens with zero attached hydrogens (tertiary/aromatic N) is 1. The molecule has 1 aliphatic heterocycles. The van der Waals surface area contributed by atoms with Crippen molar-refractivity contribution in [2.75, 3.05) is 13.1 Å². The topological polar surface area (TPSA) is 15.3 Å². The summed E-state index contributed by atoms with van der Waals surface area (Å²) in [6, 6.07) is 1.60. The lowest BCUT2D eigenvalue weighted by molar-refractivity contribution is -0.00422. The Bertz CT molecular complexity index is 247. The average molecular weight is 252 g/mol.